The molecule has 120 valence electrons. The van der Waals surface area contributed by atoms with Crippen LogP contribution in [0.2, 0.25) is 0 Å². The maximum Gasteiger partial charge on any atom is 0.243 e. The largest absolute Gasteiger partial charge is 0.396 e. The molecule has 0 aliphatic rings. The Morgan fingerprint density at radius 3 is 2.33 bits per heavy atom. The van der Waals surface area contributed by atoms with E-state index in [0.717, 1.165) is 6.07 Å². The van der Waals surface area contributed by atoms with Gasteiger partial charge in [-0.15, -0.1) is 0 Å². The predicted octanol–water partition coefficient (Wildman–Crippen LogP) is 1.62. The molecule has 4 N–H and O–H groups in total. The molecular weight excluding hydrogens is 302 g/mol. The van der Waals surface area contributed by atoms with Crippen LogP contribution >= 0.6 is 0 Å². The smallest absolute Gasteiger partial charge is 0.243 e. The lowest BCUT2D eigenvalue weighted by Crippen LogP contribution is -2.44. The average Bonchev–Trinajstić information content (AvgIpc) is 2.31. The normalized spacial score (nSPS) is 14.2. The van der Waals surface area contributed by atoms with Crippen molar-refractivity contribution in [1.29, 1.82) is 0 Å². The topological polar surface area (TPSA) is 92.4 Å². The highest BCUT2D eigenvalue weighted by atomic mass is 32.2. The number of halogens is 2. The fraction of sp³-hybridized carbons (Fsp3) is 0.538. The zero-order valence-electron chi connectivity index (χ0n) is 12.2. The van der Waals surface area contributed by atoms with Gasteiger partial charge in [0.1, 0.15) is 16.5 Å². The van der Waals surface area contributed by atoms with Crippen LogP contribution in [0.15, 0.2) is 17.0 Å². The van der Waals surface area contributed by atoms with E-state index in [1.165, 1.54) is 0 Å². The lowest BCUT2D eigenvalue weighted by molar-refractivity contribution is 0.214. The van der Waals surface area contributed by atoms with Crippen molar-refractivity contribution in [3.63, 3.8) is 0 Å². The van der Waals surface area contributed by atoms with E-state index in [-0.39, 0.29) is 13.0 Å². The number of nitrogens with two attached hydrogens (primary N) is 1. The van der Waals surface area contributed by atoms with E-state index in [1.807, 2.05) is 0 Å². The molecule has 0 aromatic heterocycles. The Balaban J connectivity index is 3.20. The van der Waals surface area contributed by atoms with E-state index in [9.17, 15) is 17.2 Å². The quantitative estimate of drug-likeness (QED) is 0.718. The van der Waals surface area contributed by atoms with Gasteiger partial charge in [-0.05, 0) is 17.9 Å². The number of rotatable bonds is 5. The van der Waals surface area contributed by atoms with Gasteiger partial charge in [0.2, 0.25) is 10.0 Å². The molecule has 0 fully saturated rings. The van der Waals surface area contributed by atoms with Crippen molar-refractivity contribution in [3.05, 3.63) is 23.8 Å². The van der Waals surface area contributed by atoms with Gasteiger partial charge in [-0.3, -0.25) is 0 Å². The van der Waals surface area contributed by atoms with Gasteiger partial charge >= 0.3 is 0 Å². The van der Waals surface area contributed by atoms with E-state index in [1.54, 1.807) is 20.8 Å². The second kappa shape index (κ2) is 6.25. The second-order valence-electron chi connectivity index (χ2n) is 5.86. The maximum absolute atomic E-state index is 13.7. The fourth-order valence-corrected chi connectivity index (χ4v) is 3.37. The molecule has 0 radical (unpaired) electrons. The summed E-state index contributed by atoms with van der Waals surface area (Å²) in [5.74, 6) is -2.24. The summed E-state index contributed by atoms with van der Waals surface area (Å²) in [4.78, 5) is -0.714. The summed E-state index contributed by atoms with van der Waals surface area (Å²) >= 11 is 0. The van der Waals surface area contributed by atoms with Gasteiger partial charge in [-0.1, -0.05) is 20.8 Å². The minimum Gasteiger partial charge on any atom is -0.396 e. The summed E-state index contributed by atoms with van der Waals surface area (Å²) in [6.07, 6.45) is 0.168. The molecule has 21 heavy (non-hydrogen) atoms. The first-order valence-electron chi connectivity index (χ1n) is 6.36. The van der Waals surface area contributed by atoms with Crippen molar-refractivity contribution in [2.75, 3.05) is 12.3 Å². The predicted molar refractivity (Wildman–Crippen MR) is 76.0 cm³/mol. The number of hydrogen-bond acceptors (Lipinski definition) is 4. The van der Waals surface area contributed by atoms with Crippen molar-refractivity contribution in [2.24, 2.45) is 5.41 Å². The Kier molecular flexibility index (Phi) is 5.30. The number of nitrogens with one attached hydrogen (secondary N) is 1. The lowest BCUT2D eigenvalue weighted by atomic mass is 9.86. The molecule has 0 aliphatic heterocycles. The Morgan fingerprint density at radius 2 is 1.86 bits per heavy atom. The van der Waals surface area contributed by atoms with Crippen LogP contribution in [0.5, 0.6) is 0 Å². The number of aliphatic hydroxyl groups is 1. The Morgan fingerprint density at radius 1 is 1.29 bits per heavy atom. The van der Waals surface area contributed by atoms with Crippen LogP contribution in [0.25, 0.3) is 0 Å². The number of nitrogen functional groups attached to an aromatic ring is 1. The molecule has 0 saturated heterocycles. The van der Waals surface area contributed by atoms with Crippen molar-refractivity contribution in [3.8, 4) is 0 Å². The third kappa shape index (κ3) is 4.36. The Bertz CT molecular complexity index is 613. The maximum atomic E-state index is 13.7. The Hall–Kier alpha value is -1.25. The number of hydrogen-bond donors (Lipinski definition) is 3. The van der Waals surface area contributed by atoms with Crippen molar-refractivity contribution in [1.82, 2.24) is 4.72 Å². The molecule has 1 aromatic carbocycles. The summed E-state index contributed by atoms with van der Waals surface area (Å²) < 4.78 is 53.6. The molecular formula is C13H20F2N2O3S. The second-order valence-corrected chi connectivity index (χ2v) is 7.54. The van der Waals surface area contributed by atoms with Crippen molar-refractivity contribution >= 4 is 15.7 Å². The van der Waals surface area contributed by atoms with Crippen LogP contribution in [0.1, 0.15) is 27.2 Å². The molecule has 8 heteroatoms. The minimum absolute atomic E-state index is 0.168. The third-order valence-electron chi connectivity index (χ3n) is 3.10. The lowest BCUT2D eigenvalue weighted by Gasteiger charge is -2.30. The monoisotopic (exact) mass is 322 g/mol. The highest BCUT2D eigenvalue weighted by molar-refractivity contribution is 7.89. The molecule has 1 atom stereocenters. The highest BCUT2D eigenvalue weighted by Gasteiger charge is 2.31. The Labute approximate surface area is 123 Å². The zero-order chi connectivity index (χ0) is 16.4. The molecule has 1 rings (SSSR count). The van der Waals surface area contributed by atoms with Crippen molar-refractivity contribution in [2.45, 2.75) is 38.1 Å². The molecule has 0 aliphatic carbocycles. The molecule has 1 unspecified atom stereocenters. The van der Waals surface area contributed by atoms with Crippen LogP contribution in [0, 0.1) is 17.0 Å². The zero-order valence-corrected chi connectivity index (χ0v) is 13.0. The van der Waals surface area contributed by atoms with Crippen LogP contribution in [0.4, 0.5) is 14.5 Å². The van der Waals surface area contributed by atoms with Crippen LogP contribution in [-0.2, 0) is 10.0 Å². The van der Waals surface area contributed by atoms with Crippen LogP contribution < -0.4 is 10.5 Å². The molecule has 1 aromatic rings. The number of aliphatic hydroxyl groups excluding tert-OH is 1. The van der Waals surface area contributed by atoms with Gasteiger partial charge in [-0.2, -0.15) is 0 Å². The summed E-state index contributed by atoms with van der Waals surface area (Å²) in [6.45, 7) is 5.13. The molecule has 5 nitrogen and oxygen atoms in total. The van der Waals surface area contributed by atoms with Crippen molar-refractivity contribution < 1.29 is 22.3 Å². The number of sulfonamides is 1. The van der Waals surface area contributed by atoms with E-state index < -0.39 is 43.7 Å². The summed E-state index contributed by atoms with van der Waals surface area (Å²) in [7, 11) is -4.22. The van der Waals surface area contributed by atoms with E-state index in [0.29, 0.717) is 6.07 Å². The fourth-order valence-electron chi connectivity index (χ4n) is 1.80. The van der Waals surface area contributed by atoms with Gasteiger partial charge in [0, 0.05) is 18.7 Å². The molecule has 0 heterocycles. The van der Waals surface area contributed by atoms with Crippen LogP contribution in [-0.4, -0.2) is 26.2 Å². The van der Waals surface area contributed by atoms with Gasteiger partial charge in [0.15, 0.2) is 0 Å². The standard InChI is InChI=1S/C13H20F2N2O3S/c1-13(2,3)12(4-5-18)17-21(19,20)11-7-10(16)8(14)6-9(11)15/h6-7,12,17-18H,4-5,16H2,1-3H3. The molecule has 0 saturated carbocycles. The summed E-state index contributed by atoms with van der Waals surface area (Å²) in [5.41, 5.74) is 4.35. The first-order valence-corrected chi connectivity index (χ1v) is 7.85. The van der Waals surface area contributed by atoms with Gasteiger partial charge in [-0.25, -0.2) is 21.9 Å². The SMILES string of the molecule is CC(C)(C)C(CCO)NS(=O)(=O)c1cc(N)c(F)cc1F. The molecule has 0 amide bonds. The minimum atomic E-state index is -4.22. The molecule has 0 bridgehead atoms. The van der Waals surface area contributed by atoms with E-state index in [2.05, 4.69) is 4.72 Å². The summed E-state index contributed by atoms with van der Waals surface area (Å²) in [6, 6.07) is 0.562. The summed E-state index contributed by atoms with van der Waals surface area (Å²) in [5, 5.41) is 9.02. The first-order chi connectivity index (χ1) is 9.49. The first kappa shape index (κ1) is 17.8. The van der Waals surface area contributed by atoms with E-state index >= 15 is 0 Å². The van der Waals surface area contributed by atoms with Gasteiger partial charge in [0.25, 0.3) is 0 Å². The van der Waals surface area contributed by atoms with Crippen LogP contribution in [0.3, 0.4) is 0 Å². The third-order valence-corrected chi connectivity index (χ3v) is 4.59. The molecule has 0 spiro atoms. The van der Waals surface area contributed by atoms with E-state index in [4.69, 9.17) is 10.8 Å². The highest BCUT2D eigenvalue weighted by Crippen LogP contribution is 2.26. The number of benzene rings is 1. The van der Waals surface area contributed by atoms with Gasteiger partial charge < -0.3 is 10.8 Å². The number of anilines is 1. The average molecular weight is 322 g/mol. The van der Waals surface area contributed by atoms with Gasteiger partial charge in [0.05, 0.1) is 5.69 Å².